The number of halogens is 1. The third-order valence-electron chi connectivity index (χ3n) is 4.04. The average molecular weight is 436 g/mol. The van der Waals surface area contributed by atoms with E-state index >= 15 is 0 Å². The number of benzene rings is 2. The Balaban J connectivity index is 1.73. The smallest absolute Gasteiger partial charge is 0.268 e. The van der Waals surface area contributed by atoms with Gasteiger partial charge in [0.25, 0.3) is 5.91 Å². The highest BCUT2D eigenvalue weighted by molar-refractivity contribution is 7.15. The molecule has 0 aliphatic rings. The van der Waals surface area contributed by atoms with E-state index < -0.39 is 5.91 Å². The van der Waals surface area contributed by atoms with Crippen LogP contribution in [0, 0.1) is 11.3 Å². The lowest BCUT2D eigenvalue weighted by Crippen LogP contribution is -2.13. The molecule has 0 unspecified atom stereocenters. The average Bonchev–Trinajstić information content (AvgIpc) is 3.19. The Labute approximate surface area is 183 Å². The van der Waals surface area contributed by atoms with Crippen LogP contribution in [0.3, 0.4) is 0 Å². The molecule has 0 aliphatic carbocycles. The van der Waals surface area contributed by atoms with Gasteiger partial charge in [-0.15, -0.1) is 11.3 Å². The van der Waals surface area contributed by atoms with Gasteiger partial charge in [0.05, 0.1) is 0 Å². The Morgan fingerprint density at radius 2 is 2.03 bits per heavy atom. The fourth-order valence-corrected chi connectivity index (χ4v) is 3.66. The second kappa shape index (κ2) is 10.4. The third kappa shape index (κ3) is 5.57. The molecule has 0 radical (unpaired) electrons. The molecule has 0 saturated carbocycles. The molecule has 5 nitrogen and oxygen atoms in total. The summed E-state index contributed by atoms with van der Waals surface area (Å²) in [6.45, 7) is 3.95. The Morgan fingerprint density at radius 1 is 1.27 bits per heavy atom. The summed E-state index contributed by atoms with van der Waals surface area (Å²) < 4.78 is 5.57. The van der Waals surface area contributed by atoms with Crippen LogP contribution >= 0.6 is 22.9 Å². The second-order valence-electron chi connectivity index (χ2n) is 6.16. The van der Waals surface area contributed by atoms with Gasteiger partial charge in [0.2, 0.25) is 0 Å². The van der Waals surface area contributed by atoms with Crippen molar-refractivity contribution in [1.82, 2.24) is 4.98 Å². The molecule has 3 aromatic rings. The molecule has 0 fully saturated rings. The van der Waals surface area contributed by atoms with Crippen molar-refractivity contribution in [2.75, 3.05) is 11.9 Å². The summed E-state index contributed by atoms with van der Waals surface area (Å²) in [5, 5.41) is 13.2. The van der Waals surface area contributed by atoms with Crippen molar-refractivity contribution in [2.45, 2.75) is 6.42 Å². The zero-order valence-corrected chi connectivity index (χ0v) is 17.5. The fourth-order valence-electron chi connectivity index (χ4n) is 2.62. The highest BCUT2D eigenvalue weighted by Crippen LogP contribution is 2.26. The first-order chi connectivity index (χ1) is 14.6. The van der Waals surface area contributed by atoms with Crippen molar-refractivity contribution in [2.24, 2.45) is 0 Å². The predicted octanol–water partition coefficient (Wildman–Crippen LogP) is 5.50. The molecule has 150 valence electrons. The number of nitriles is 1. The van der Waals surface area contributed by atoms with Gasteiger partial charge < -0.3 is 4.74 Å². The van der Waals surface area contributed by atoms with Crippen molar-refractivity contribution >= 4 is 40.1 Å². The molecule has 0 saturated heterocycles. The number of amides is 1. The second-order valence-corrected chi connectivity index (χ2v) is 7.68. The van der Waals surface area contributed by atoms with Crippen LogP contribution < -0.4 is 10.1 Å². The largest absolute Gasteiger partial charge is 0.489 e. The minimum Gasteiger partial charge on any atom is -0.489 e. The Kier molecular flexibility index (Phi) is 7.39. The van der Waals surface area contributed by atoms with Crippen LogP contribution in [0.2, 0.25) is 5.02 Å². The van der Waals surface area contributed by atoms with Crippen LogP contribution in [-0.4, -0.2) is 17.5 Å². The normalized spacial score (nSPS) is 10.9. The third-order valence-corrected chi connectivity index (χ3v) is 5.32. The number of para-hydroxylation sites is 1. The molecule has 7 heteroatoms. The van der Waals surface area contributed by atoms with Crippen molar-refractivity contribution in [1.29, 1.82) is 5.26 Å². The van der Waals surface area contributed by atoms with Gasteiger partial charge in [-0.1, -0.05) is 60.7 Å². The van der Waals surface area contributed by atoms with Crippen molar-refractivity contribution in [3.63, 3.8) is 0 Å². The van der Waals surface area contributed by atoms with Crippen LogP contribution in [0.15, 0.2) is 73.0 Å². The fraction of sp³-hybridized carbons (Fsp3) is 0.0870. The lowest BCUT2D eigenvalue weighted by atomic mass is 10.1. The van der Waals surface area contributed by atoms with E-state index in [1.54, 1.807) is 30.5 Å². The summed E-state index contributed by atoms with van der Waals surface area (Å²) in [6, 6.07) is 16.7. The van der Waals surface area contributed by atoms with E-state index in [9.17, 15) is 10.1 Å². The maximum atomic E-state index is 12.6. The molecule has 0 aliphatic heterocycles. The number of nitrogens with one attached hydrogen (secondary N) is 1. The van der Waals surface area contributed by atoms with Gasteiger partial charge in [-0.05, 0) is 23.8 Å². The molecular weight excluding hydrogens is 418 g/mol. The van der Waals surface area contributed by atoms with E-state index in [1.165, 1.54) is 17.4 Å². The molecule has 30 heavy (non-hydrogen) atoms. The number of aromatic nitrogens is 1. The van der Waals surface area contributed by atoms with E-state index in [4.69, 9.17) is 16.3 Å². The Morgan fingerprint density at radius 3 is 2.80 bits per heavy atom. The number of hydrogen-bond donors (Lipinski definition) is 1. The first-order valence-corrected chi connectivity index (χ1v) is 10.2. The van der Waals surface area contributed by atoms with E-state index in [-0.39, 0.29) is 5.57 Å². The standard InChI is InChI=1S/C23H18ClN3O2S/c1-2-11-29-21-10-6-4-8-17(21)12-18(14-25)22(28)27-23-26-15-19(30-23)13-16-7-3-5-9-20(16)24/h2-10,12,15H,1,11,13H2,(H,26,27,28)/b18-12-. The number of ether oxygens (including phenoxy) is 1. The molecule has 1 aromatic heterocycles. The zero-order chi connectivity index (χ0) is 21.3. The molecule has 1 heterocycles. The van der Waals surface area contributed by atoms with E-state index in [0.717, 1.165) is 10.4 Å². The van der Waals surface area contributed by atoms with Gasteiger partial charge in [-0.2, -0.15) is 5.26 Å². The lowest BCUT2D eigenvalue weighted by molar-refractivity contribution is -0.112. The van der Waals surface area contributed by atoms with Crippen molar-refractivity contribution < 1.29 is 9.53 Å². The number of carbonyl (C=O) groups is 1. The monoisotopic (exact) mass is 435 g/mol. The number of rotatable bonds is 8. The number of carbonyl (C=O) groups excluding carboxylic acids is 1. The van der Waals surface area contributed by atoms with Crippen LogP contribution in [0.5, 0.6) is 5.75 Å². The molecular formula is C23H18ClN3O2S. The zero-order valence-electron chi connectivity index (χ0n) is 16.0. The summed E-state index contributed by atoms with van der Waals surface area (Å²) in [6.07, 6.45) is 5.42. The quantitative estimate of drug-likeness (QED) is 0.288. The number of thiazole rings is 1. The Bertz CT molecular complexity index is 1130. The van der Waals surface area contributed by atoms with Crippen LogP contribution in [0.1, 0.15) is 16.0 Å². The maximum Gasteiger partial charge on any atom is 0.268 e. The van der Waals surface area contributed by atoms with Gasteiger partial charge in [0.1, 0.15) is 24.0 Å². The molecule has 2 aromatic carbocycles. The van der Waals surface area contributed by atoms with E-state index in [2.05, 4.69) is 16.9 Å². The highest BCUT2D eigenvalue weighted by atomic mass is 35.5. The number of nitrogens with zero attached hydrogens (tertiary/aromatic N) is 2. The predicted molar refractivity (Wildman–Crippen MR) is 121 cm³/mol. The van der Waals surface area contributed by atoms with Crippen LogP contribution in [0.4, 0.5) is 5.13 Å². The molecule has 3 rings (SSSR count). The number of hydrogen-bond acceptors (Lipinski definition) is 5. The molecule has 0 spiro atoms. The van der Waals surface area contributed by atoms with E-state index in [0.29, 0.717) is 34.5 Å². The van der Waals surface area contributed by atoms with Gasteiger partial charge in [0.15, 0.2) is 5.13 Å². The summed E-state index contributed by atoms with van der Waals surface area (Å²) in [5.74, 6) is 0.0314. The molecule has 0 atom stereocenters. The van der Waals surface area contributed by atoms with E-state index in [1.807, 2.05) is 36.4 Å². The first kappa shape index (κ1) is 21.3. The van der Waals surface area contributed by atoms with Gasteiger partial charge >= 0.3 is 0 Å². The van der Waals surface area contributed by atoms with Crippen LogP contribution in [-0.2, 0) is 11.2 Å². The first-order valence-electron chi connectivity index (χ1n) is 9.04. The summed E-state index contributed by atoms with van der Waals surface area (Å²) in [7, 11) is 0. The number of anilines is 1. The summed E-state index contributed by atoms with van der Waals surface area (Å²) in [4.78, 5) is 17.8. The summed E-state index contributed by atoms with van der Waals surface area (Å²) >= 11 is 7.54. The SMILES string of the molecule is C=CCOc1ccccc1/C=C(/C#N)C(=O)Nc1ncc(Cc2ccccc2Cl)s1. The molecule has 1 amide bonds. The maximum absolute atomic E-state index is 12.6. The summed E-state index contributed by atoms with van der Waals surface area (Å²) in [5.41, 5.74) is 1.56. The topological polar surface area (TPSA) is 75.0 Å². The van der Waals surface area contributed by atoms with Gasteiger partial charge in [0, 0.05) is 28.1 Å². The van der Waals surface area contributed by atoms with Crippen LogP contribution in [0.25, 0.3) is 6.08 Å². The molecule has 0 bridgehead atoms. The van der Waals surface area contributed by atoms with Gasteiger partial charge in [-0.3, -0.25) is 10.1 Å². The molecule has 1 N–H and O–H groups in total. The van der Waals surface area contributed by atoms with Crippen molar-refractivity contribution in [3.05, 3.63) is 94.0 Å². The Hall–Kier alpha value is -3.40. The van der Waals surface area contributed by atoms with Gasteiger partial charge in [-0.25, -0.2) is 4.98 Å². The minimum absolute atomic E-state index is 0.0486. The minimum atomic E-state index is -0.533. The van der Waals surface area contributed by atoms with Crippen molar-refractivity contribution in [3.8, 4) is 11.8 Å². The highest BCUT2D eigenvalue weighted by Gasteiger charge is 2.14. The lowest BCUT2D eigenvalue weighted by Gasteiger charge is -2.07.